The number of nitrogens with zero attached hydrogens (tertiary/aromatic N) is 3. The van der Waals surface area contributed by atoms with E-state index in [9.17, 15) is 0 Å². The zero-order chi connectivity index (χ0) is 13.2. The van der Waals surface area contributed by atoms with Gasteiger partial charge in [-0.15, -0.1) is 0 Å². The first-order chi connectivity index (χ1) is 9.29. The van der Waals surface area contributed by atoms with Crippen LogP contribution in [0, 0.1) is 0 Å². The average molecular weight is 256 g/mol. The first-order valence-corrected chi connectivity index (χ1v) is 7.06. The third kappa shape index (κ3) is 2.23. The van der Waals surface area contributed by atoms with Gasteiger partial charge in [0.2, 0.25) is 0 Å². The summed E-state index contributed by atoms with van der Waals surface area (Å²) in [5, 5.41) is 1.10. The summed E-state index contributed by atoms with van der Waals surface area (Å²) >= 11 is 0. The highest BCUT2D eigenvalue weighted by atomic mass is 15.2. The summed E-state index contributed by atoms with van der Waals surface area (Å²) in [6.45, 7) is 3.19. The predicted molar refractivity (Wildman–Crippen MR) is 79.2 cm³/mol. The number of hydrogen-bond donors (Lipinski definition) is 1. The van der Waals surface area contributed by atoms with E-state index in [2.05, 4.69) is 21.8 Å². The Morgan fingerprint density at radius 3 is 2.79 bits per heavy atom. The molecule has 0 atom stereocenters. The molecule has 1 aliphatic carbocycles. The summed E-state index contributed by atoms with van der Waals surface area (Å²) in [5.41, 5.74) is 7.51. The minimum atomic E-state index is 0.626. The van der Waals surface area contributed by atoms with Crippen LogP contribution in [0.3, 0.4) is 0 Å². The number of nitrogens with two attached hydrogens (primary N) is 1. The third-order valence-corrected chi connectivity index (χ3v) is 4.02. The lowest BCUT2D eigenvalue weighted by atomic mass is 10.1. The van der Waals surface area contributed by atoms with Gasteiger partial charge in [0.05, 0.1) is 5.52 Å². The van der Waals surface area contributed by atoms with Gasteiger partial charge in [0, 0.05) is 23.7 Å². The molecule has 1 fully saturated rings. The quantitative estimate of drug-likeness (QED) is 0.858. The van der Waals surface area contributed by atoms with Crippen LogP contribution in [0.1, 0.15) is 32.6 Å². The van der Waals surface area contributed by atoms with E-state index in [1.807, 2.05) is 18.2 Å². The van der Waals surface area contributed by atoms with Gasteiger partial charge in [-0.1, -0.05) is 12.8 Å². The van der Waals surface area contributed by atoms with Crippen molar-refractivity contribution in [2.75, 3.05) is 17.2 Å². The molecule has 1 aliphatic rings. The number of nitrogen functional groups attached to an aromatic ring is 1. The molecule has 0 amide bonds. The van der Waals surface area contributed by atoms with E-state index in [4.69, 9.17) is 5.73 Å². The first-order valence-electron chi connectivity index (χ1n) is 7.06. The number of fused-ring (bicyclic) bond motifs is 1. The number of anilines is 2. The highest BCUT2D eigenvalue weighted by Gasteiger charge is 2.23. The molecule has 0 bridgehead atoms. The Labute approximate surface area is 113 Å². The summed E-state index contributed by atoms with van der Waals surface area (Å²) in [4.78, 5) is 11.3. The summed E-state index contributed by atoms with van der Waals surface area (Å²) < 4.78 is 0. The Bertz CT molecular complexity index is 575. The van der Waals surface area contributed by atoms with Gasteiger partial charge in [-0.25, -0.2) is 9.97 Å². The standard InChI is InChI=1S/C15H20N4/c1-2-19(12-5-3-4-6-12)15-13-8-7-11(16)9-14(13)17-10-18-15/h7-10,12H,2-6,16H2,1H3. The Morgan fingerprint density at radius 2 is 2.05 bits per heavy atom. The zero-order valence-electron chi connectivity index (χ0n) is 11.3. The van der Waals surface area contributed by atoms with E-state index in [-0.39, 0.29) is 0 Å². The molecule has 0 unspecified atom stereocenters. The molecule has 1 aromatic heterocycles. The molecular weight excluding hydrogens is 236 g/mol. The van der Waals surface area contributed by atoms with Crippen molar-refractivity contribution in [2.45, 2.75) is 38.6 Å². The van der Waals surface area contributed by atoms with Crippen LogP contribution in [0.5, 0.6) is 0 Å². The van der Waals surface area contributed by atoms with Crippen molar-refractivity contribution < 1.29 is 0 Å². The van der Waals surface area contributed by atoms with Crippen molar-refractivity contribution in [1.29, 1.82) is 0 Å². The lowest BCUT2D eigenvalue weighted by Gasteiger charge is -2.29. The van der Waals surface area contributed by atoms with Crippen molar-refractivity contribution in [1.82, 2.24) is 9.97 Å². The van der Waals surface area contributed by atoms with Crippen LogP contribution in [-0.4, -0.2) is 22.6 Å². The summed E-state index contributed by atoms with van der Waals surface area (Å²) in [6, 6.07) is 6.51. The van der Waals surface area contributed by atoms with Crippen molar-refractivity contribution in [2.24, 2.45) is 0 Å². The molecule has 2 aromatic rings. The van der Waals surface area contributed by atoms with Gasteiger partial charge in [0.15, 0.2) is 0 Å². The van der Waals surface area contributed by atoms with Gasteiger partial charge in [-0.3, -0.25) is 0 Å². The number of benzene rings is 1. The summed E-state index contributed by atoms with van der Waals surface area (Å²) in [5.74, 6) is 1.06. The molecular formula is C15H20N4. The molecule has 0 radical (unpaired) electrons. The number of hydrogen-bond acceptors (Lipinski definition) is 4. The maximum absolute atomic E-state index is 5.83. The van der Waals surface area contributed by atoms with Gasteiger partial charge in [-0.2, -0.15) is 0 Å². The van der Waals surface area contributed by atoms with E-state index >= 15 is 0 Å². The minimum absolute atomic E-state index is 0.626. The second-order valence-electron chi connectivity index (χ2n) is 5.20. The summed E-state index contributed by atoms with van der Waals surface area (Å²) in [6.07, 6.45) is 6.85. The van der Waals surface area contributed by atoms with Crippen molar-refractivity contribution in [3.8, 4) is 0 Å². The highest BCUT2D eigenvalue weighted by Crippen LogP contribution is 2.31. The maximum atomic E-state index is 5.83. The molecule has 0 spiro atoms. The van der Waals surface area contributed by atoms with Crippen LogP contribution >= 0.6 is 0 Å². The molecule has 2 N–H and O–H groups in total. The molecule has 19 heavy (non-hydrogen) atoms. The van der Waals surface area contributed by atoms with E-state index in [1.165, 1.54) is 25.7 Å². The van der Waals surface area contributed by atoms with Crippen LogP contribution in [-0.2, 0) is 0 Å². The fourth-order valence-electron chi connectivity index (χ4n) is 3.09. The first kappa shape index (κ1) is 12.2. The molecule has 1 heterocycles. The van der Waals surface area contributed by atoms with Gasteiger partial charge in [-0.05, 0) is 38.0 Å². The second-order valence-corrected chi connectivity index (χ2v) is 5.20. The van der Waals surface area contributed by atoms with Crippen LogP contribution in [0.15, 0.2) is 24.5 Å². The third-order valence-electron chi connectivity index (χ3n) is 4.02. The fourth-order valence-corrected chi connectivity index (χ4v) is 3.09. The van der Waals surface area contributed by atoms with Crippen LogP contribution < -0.4 is 10.6 Å². The summed E-state index contributed by atoms with van der Waals surface area (Å²) in [7, 11) is 0. The second kappa shape index (κ2) is 5.03. The molecule has 4 nitrogen and oxygen atoms in total. The van der Waals surface area contributed by atoms with Gasteiger partial charge < -0.3 is 10.6 Å². The van der Waals surface area contributed by atoms with Crippen molar-refractivity contribution in [3.05, 3.63) is 24.5 Å². The Kier molecular flexibility index (Phi) is 3.23. The molecule has 100 valence electrons. The van der Waals surface area contributed by atoms with Crippen molar-refractivity contribution >= 4 is 22.4 Å². The molecule has 4 heteroatoms. The largest absolute Gasteiger partial charge is 0.399 e. The molecule has 3 rings (SSSR count). The van der Waals surface area contributed by atoms with E-state index in [0.717, 1.165) is 29.0 Å². The fraction of sp³-hybridized carbons (Fsp3) is 0.467. The van der Waals surface area contributed by atoms with Gasteiger partial charge in [0.1, 0.15) is 12.1 Å². The molecule has 1 saturated carbocycles. The van der Waals surface area contributed by atoms with Crippen molar-refractivity contribution in [3.63, 3.8) is 0 Å². The minimum Gasteiger partial charge on any atom is -0.399 e. The van der Waals surface area contributed by atoms with E-state index in [1.54, 1.807) is 6.33 Å². The van der Waals surface area contributed by atoms with Gasteiger partial charge >= 0.3 is 0 Å². The van der Waals surface area contributed by atoms with E-state index in [0.29, 0.717) is 6.04 Å². The molecule has 1 aromatic carbocycles. The number of aromatic nitrogens is 2. The lowest BCUT2D eigenvalue weighted by molar-refractivity contribution is 0.615. The molecule has 0 saturated heterocycles. The van der Waals surface area contributed by atoms with E-state index < -0.39 is 0 Å². The SMILES string of the molecule is CCN(c1ncnc2cc(N)ccc12)C1CCCC1. The molecule has 0 aliphatic heterocycles. The Balaban J connectivity index is 2.07. The zero-order valence-corrected chi connectivity index (χ0v) is 11.3. The lowest BCUT2D eigenvalue weighted by Crippen LogP contribution is -2.33. The van der Waals surface area contributed by atoms with Gasteiger partial charge in [0.25, 0.3) is 0 Å². The predicted octanol–water partition coefficient (Wildman–Crippen LogP) is 2.98. The normalized spacial score (nSPS) is 16.1. The topological polar surface area (TPSA) is 55.0 Å². The number of rotatable bonds is 3. The average Bonchev–Trinajstić information content (AvgIpc) is 2.93. The Hall–Kier alpha value is -1.84. The maximum Gasteiger partial charge on any atom is 0.140 e. The van der Waals surface area contributed by atoms with Crippen LogP contribution in [0.2, 0.25) is 0 Å². The smallest absolute Gasteiger partial charge is 0.140 e. The van der Waals surface area contributed by atoms with Crippen LogP contribution in [0.25, 0.3) is 10.9 Å². The Morgan fingerprint density at radius 1 is 1.26 bits per heavy atom. The highest BCUT2D eigenvalue weighted by molar-refractivity contribution is 5.91. The monoisotopic (exact) mass is 256 g/mol. The van der Waals surface area contributed by atoms with Crippen LogP contribution in [0.4, 0.5) is 11.5 Å².